The van der Waals surface area contributed by atoms with E-state index in [1.54, 1.807) is 0 Å². The quantitative estimate of drug-likeness (QED) is 0.593. The van der Waals surface area contributed by atoms with Gasteiger partial charge < -0.3 is 10.2 Å². The SMILES string of the molecule is CC(C)N(C)CCCCNCCCC#N. The zero-order chi connectivity index (χ0) is 11.5. The first-order valence-corrected chi connectivity index (χ1v) is 5.96. The number of nitrogens with one attached hydrogen (secondary N) is 1. The van der Waals surface area contributed by atoms with Gasteiger partial charge in [0, 0.05) is 12.5 Å². The van der Waals surface area contributed by atoms with E-state index in [-0.39, 0.29) is 0 Å². The Morgan fingerprint density at radius 3 is 2.47 bits per heavy atom. The zero-order valence-electron chi connectivity index (χ0n) is 10.4. The maximum absolute atomic E-state index is 8.34. The van der Waals surface area contributed by atoms with Crippen LogP contribution in [-0.4, -0.2) is 37.6 Å². The Bertz CT molecular complexity index is 172. The van der Waals surface area contributed by atoms with Gasteiger partial charge in [-0.3, -0.25) is 0 Å². The highest BCUT2D eigenvalue weighted by Gasteiger charge is 2.01. The van der Waals surface area contributed by atoms with Gasteiger partial charge in [0.25, 0.3) is 0 Å². The number of nitrogens with zero attached hydrogens (tertiary/aromatic N) is 2. The summed E-state index contributed by atoms with van der Waals surface area (Å²) in [5.41, 5.74) is 0. The maximum Gasteiger partial charge on any atom is 0.0622 e. The molecule has 0 saturated heterocycles. The molecule has 0 aliphatic rings. The van der Waals surface area contributed by atoms with Gasteiger partial charge in [-0.05, 0) is 59.8 Å². The Morgan fingerprint density at radius 1 is 1.20 bits per heavy atom. The fraction of sp³-hybridized carbons (Fsp3) is 0.917. The second-order valence-corrected chi connectivity index (χ2v) is 4.29. The van der Waals surface area contributed by atoms with E-state index in [4.69, 9.17) is 5.26 Å². The summed E-state index contributed by atoms with van der Waals surface area (Å²) in [5.74, 6) is 0. The van der Waals surface area contributed by atoms with Gasteiger partial charge in [0.2, 0.25) is 0 Å². The van der Waals surface area contributed by atoms with E-state index in [1.807, 2.05) is 0 Å². The van der Waals surface area contributed by atoms with E-state index in [0.717, 1.165) is 19.5 Å². The van der Waals surface area contributed by atoms with E-state index in [9.17, 15) is 0 Å². The minimum atomic E-state index is 0.647. The molecule has 1 N–H and O–H groups in total. The number of hydrogen-bond donors (Lipinski definition) is 1. The molecule has 0 aliphatic carbocycles. The molecule has 0 spiro atoms. The molecule has 0 unspecified atom stereocenters. The van der Waals surface area contributed by atoms with Crippen molar-refractivity contribution in [3.63, 3.8) is 0 Å². The van der Waals surface area contributed by atoms with E-state index in [0.29, 0.717) is 12.5 Å². The topological polar surface area (TPSA) is 39.1 Å². The van der Waals surface area contributed by atoms with Crippen molar-refractivity contribution in [2.24, 2.45) is 0 Å². The lowest BCUT2D eigenvalue weighted by Gasteiger charge is -2.20. The standard InChI is InChI=1S/C12H25N3/c1-12(2)15(3)11-7-6-10-14-9-5-4-8-13/h12,14H,4-7,9-11H2,1-3H3. The van der Waals surface area contributed by atoms with Crippen molar-refractivity contribution in [3.05, 3.63) is 0 Å². The Balaban J connectivity index is 3.09. The van der Waals surface area contributed by atoms with Crippen LogP contribution in [0.4, 0.5) is 0 Å². The first-order valence-electron chi connectivity index (χ1n) is 5.96. The summed E-state index contributed by atoms with van der Waals surface area (Å²) < 4.78 is 0. The number of rotatable bonds is 9. The van der Waals surface area contributed by atoms with Crippen molar-refractivity contribution in [2.75, 3.05) is 26.7 Å². The molecule has 3 heteroatoms. The normalized spacial score (nSPS) is 10.9. The minimum absolute atomic E-state index is 0.647. The zero-order valence-corrected chi connectivity index (χ0v) is 10.4. The fourth-order valence-corrected chi connectivity index (χ4v) is 1.29. The van der Waals surface area contributed by atoms with Crippen LogP contribution < -0.4 is 5.32 Å². The average Bonchev–Trinajstić information content (AvgIpc) is 2.21. The number of nitriles is 1. The van der Waals surface area contributed by atoms with Crippen LogP contribution in [0, 0.1) is 11.3 Å². The Morgan fingerprint density at radius 2 is 1.87 bits per heavy atom. The fourth-order valence-electron chi connectivity index (χ4n) is 1.29. The lowest BCUT2D eigenvalue weighted by molar-refractivity contribution is 0.268. The molecular weight excluding hydrogens is 186 g/mol. The molecule has 0 radical (unpaired) electrons. The van der Waals surface area contributed by atoms with Crippen molar-refractivity contribution < 1.29 is 0 Å². The first-order chi connectivity index (χ1) is 7.18. The lowest BCUT2D eigenvalue weighted by atomic mass is 10.2. The third-order valence-electron chi connectivity index (χ3n) is 2.64. The lowest BCUT2D eigenvalue weighted by Crippen LogP contribution is -2.28. The minimum Gasteiger partial charge on any atom is -0.317 e. The largest absolute Gasteiger partial charge is 0.317 e. The van der Waals surface area contributed by atoms with Crippen LogP contribution in [0.5, 0.6) is 0 Å². The van der Waals surface area contributed by atoms with Crippen LogP contribution in [0.3, 0.4) is 0 Å². The second kappa shape index (κ2) is 9.95. The Labute approximate surface area is 94.5 Å². The molecule has 0 heterocycles. The molecule has 0 aromatic heterocycles. The van der Waals surface area contributed by atoms with E-state index >= 15 is 0 Å². The highest BCUT2D eigenvalue weighted by atomic mass is 15.1. The highest BCUT2D eigenvalue weighted by Crippen LogP contribution is 1.97. The van der Waals surface area contributed by atoms with Gasteiger partial charge in [-0.2, -0.15) is 5.26 Å². The van der Waals surface area contributed by atoms with Crippen molar-refractivity contribution in [2.45, 2.75) is 45.6 Å². The van der Waals surface area contributed by atoms with Crippen LogP contribution in [0.2, 0.25) is 0 Å². The molecular formula is C12H25N3. The Hall–Kier alpha value is -0.590. The smallest absolute Gasteiger partial charge is 0.0622 e. The van der Waals surface area contributed by atoms with Gasteiger partial charge in [-0.15, -0.1) is 0 Å². The summed E-state index contributed by atoms with van der Waals surface area (Å²) in [5, 5.41) is 11.7. The molecule has 0 fully saturated rings. The average molecular weight is 211 g/mol. The third kappa shape index (κ3) is 9.71. The van der Waals surface area contributed by atoms with E-state index in [1.165, 1.54) is 19.4 Å². The van der Waals surface area contributed by atoms with Crippen molar-refractivity contribution in [1.82, 2.24) is 10.2 Å². The summed E-state index contributed by atoms with van der Waals surface area (Å²) in [4.78, 5) is 2.37. The van der Waals surface area contributed by atoms with Gasteiger partial charge >= 0.3 is 0 Å². The molecule has 15 heavy (non-hydrogen) atoms. The first kappa shape index (κ1) is 14.4. The van der Waals surface area contributed by atoms with Crippen molar-refractivity contribution in [1.29, 1.82) is 5.26 Å². The molecule has 0 aliphatic heterocycles. The summed E-state index contributed by atoms with van der Waals surface area (Å²) in [7, 11) is 2.17. The maximum atomic E-state index is 8.34. The molecule has 0 bridgehead atoms. The van der Waals surface area contributed by atoms with E-state index in [2.05, 4.69) is 37.2 Å². The molecule has 0 rings (SSSR count). The van der Waals surface area contributed by atoms with Crippen LogP contribution in [0.1, 0.15) is 39.5 Å². The van der Waals surface area contributed by atoms with Crippen LogP contribution in [-0.2, 0) is 0 Å². The van der Waals surface area contributed by atoms with Gasteiger partial charge in [0.05, 0.1) is 6.07 Å². The molecule has 0 amide bonds. The molecule has 0 aromatic carbocycles. The van der Waals surface area contributed by atoms with Crippen molar-refractivity contribution >= 4 is 0 Å². The van der Waals surface area contributed by atoms with E-state index < -0.39 is 0 Å². The highest BCUT2D eigenvalue weighted by molar-refractivity contribution is 4.68. The van der Waals surface area contributed by atoms with Crippen LogP contribution in [0.25, 0.3) is 0 Å². The monoisotopic (exact) mass is 211 g/mol. The van der Waals surface area contributed by atoms with Crippen LogP contribution in [0.15, 0.2) is 0 Å². The molecule has 0 atom stereocenters. The third-order valence-corrected chi connectivity index (χ3v) is 2.64. The summed E-state index contributed by atoms with van der Waals surface area (Å²) in [6.45, 7) is 7.68. The molecule has 0 aromatic rings. The summed E-state index contributed by atoms with van der Waals surface area (Å²) >= 11 is 0. The van der Waals surface area contributed by atoms with Gasteiger partial charge in [0.15, 0.2) is 0 Å². The van der Waals surface area contributed by atoms with Gasteiger partial charge in [-0.1, -0.05) is 0 Å². The van der Waals surface area contributed by atoms with Gasteiger partial charge in [-0.25, -0.2) is 0 Å². The van der Waals surface area contributed by atoms with Crippen LogP contribution >= 0.6 is 0 Å². The second-order valence-electron chi connectivity index (χ2n) is 4.29. The molecule has 3 nitrogen and oxygen atoms in total. The Kier molecular flexibility index (Phi) is 9.55. The summed E-state index contributed by atoms with van der Waals surface area (Å²) in [6.07, 6.45) is 4.12. The summed E-state index contributed by atoms with van der Waals surface area (Å²) in [6, 6.07) is 2.80. The van der Waals surface area contributed by atoms with Crippen molar-refractivity contribution in [3.8, 4) is 6.07 Å². The molecule has 0 saturated carbocycles. The molecule has 88 valence electrons. The van der Waals surface area contributed by atoms with Gasteiger partial charge in [0.1, 0.15) is 0 Å². The number of hydrogen-bond acceptors (Lipinski definition) is 3. The predicted molar refractivity (Wildman–Crippen MR) is 64.7 cm³/mol. The predicted octanol–water partition coefficient (Wildman–Crippen LogP) is 2.00. The number of unbranched alkanes of at least 4 members (excludes halogenated alkanes) is 2.